The lowest BCUT2D eigenvalue weighted by Crippen LogP contribution is -2.02. The predicted molar refractivity (Wildman–Crippen MR) is 121 cm³/mol. The lowest BCUT2D eigenvalue weighted by atomic mass is 10.0. The van der Waals surface area contributed by atoms with Crippen molar-refractivity contribution in [2.75, 3.05) is 6.61 Å². The van der Waals surface area contributed by atoms with Crippen LogP contribution in [0.3, 0.4) is 0 Å². The van der Waals surface area contributed by atoms with E-state index in [4.69, 9.17) is 9.47 Å². The summed E-state index contributed by atoms with van der Waals surface area (Å²) in [6.07, 6.45) is 1.68. The van der Waals surface area contributed by atoms with Crippen molar-refractivity contribution in [2.24, 2.45) is 0 Å². The molecular weight excluding hydrogens is 499 g/mol. The van der Waals surface area contributed by atoms with Gasteiger partial charge in [-0.3, -0.25) is 0 Å². The van der Waals surface area contributed by atoms with Crippen LogP contribution in [0, 0.1) is 26.5 Å². The molecule has 0 aromatic heterocycles. The number of benzene rings is 3. The Labute approximate surface area is 187 Å². The van der Waals surface area contributed by atoms with Crippen molar-refractivity contribution < 1.29 is 18.3 Å². The minimum atomic E-state index is -0.403. The maximum atomic E-state index is 13.5. The minimum Gasteiger partial charge on any atom is -0.490 e. The van der Waals surface area contributed by atoms with Gasteiger partial charge >= 0.3 is 0 Å². The van der Waals surface area contributed by atoms with Gasteiger partial charge in [0.15, 0.2) is 11.5 Å². The fourth-order valence-electron chi connectivity index (χ4n) is 2.86. The van der Waals surface area contributed by atoms with Gasteiger partial charge in [-0.2, -0.15) is 5.26 Å². The first-order chi connectivity index (χ1) is 14.5. The quantitative estimate of drug-likeness (QED) is 0.201. The summed E-state index contributed by atoms with van der Waals surface area (Å²) < 4.78 is 39.4. The number of halogens is 3. The van der Waals surface area contributed by atoms with Crippen LogP contribution in [-0.2, 0) is 6.61 Å². The van der Waals surface area contributed by atoms with E-state index < -0.39 is 5.82 Å². The number of hydrogen-bond acceptors (Lipinski definition) is 3. The van der Waals surface area contributed by atoms with Gasteiger partial charge in [-0.15, -0.1) is 0 Å². The van der Waals surface area contributed by atoms with E-state index >= 15 is 0 Å². The van der Waals surface area contributed by atoms with Gasteiger partial charge in [-0.1, -0.05) is 24.3 Å². The van der Waals surface area contributed by atoms with Crippen LogP contribution >= 0.6 is 22.6 Å². The Morgan fingerprint density at radius 1 is 1.03 bits per heavy atom. The van der Waals surface area contributed by atoms with Crippen molar-refractivity contribution in [3.05, 3.63) is 92.6 Å². The summed E-state index contributed by atoms with van der Waals surface area (Å²) in [6.45, 7) is 2.48. The standard InChI is InChI=1S/C24H18F2INO2/c1-2-29-23-12-17(9-19(14-28)18-6-4-8-21(26)13-18)11-22(27)24(23)30-15-16-5-3-7-20(25)10-16/h3-13H,2,15H2,1H3/b19-9-. The number of ether oxygens (including phenoxy) is 2. The fourth-order valence-corrected chi connectivity index (χ4v) is 3.64. The van der Waals surface area contributed by atoms with E-state index in [1.807, 2.05) is 13.0 Å². The molecule has 3 aromatic rings. The third-order valence-electron chi connectivity index (χ3n) is 4.17. The summed E-state index contributed by atoms with van der Waals surface area (Å²) in [7, 11) is 0. The first-order valence-corrected chi connectivity index (χ1v) is 10.3. The predicted octanol–water partition coefficient (Wildman–Crippen LogP) is 6.61. The van der Waals surface area contributed by atoms with Gasteiger partial charge in [0.05, 0.1) is 21.8 Å². The average Bonchev–Trinajstić information content (AvgIpc) is 2.71. The summed E-state index contributed by atoms with van der Waals surface area (Å²) in [6, 6.07) is 17.8. The Kier molecular flexibility index (Phi) is 7.41. The smallest absolute Gasteiger partial charge is 0.175 e. The van der Waals surface area contributed by atoms with E-state index in [0.29, 0.717) is 34.8 Å². The highest BCUT2D eigenvalue weighted by Gasteiger charge is 2.13. The van der Waals surface area contributed by atoms with Crippen molar-refractivity contribution in [3.8, 4) is 17.6 Å². The molecule has 0 fully saturated rings. The molecule has 0 N–H and O–H groups in total. The molecule has 0 aliphatic rings. The molecule has 6 heteroatoms. The first kappa shape index (κ1) is 21.8. The number of nitrogens with zero attached hydrogens (tertiary/aromatic N) is 1. The van der Waals surface area contributed by atoms with Crippen molar-refractivity contribution >= 4 is 34.2 Å². The van der Waals surface area contributed by atoms with E-state index in [2.05, 4.69) is 28.7 Å². The van der Waals surface area contributed by atoms with Crippen LogP contribution in [0.15, 0.2) is 60.7 Å². The Balaban J connectivity index is 1.93. The highest BCUT2D eigenvalue weighted by atomic mass is 127. The monoisotopic (exact) mass is 517 g/mol. The van der Waals surface area contributed by atoms with Gasteiger partial charge in [-0.25, -0.2) is 8.78 Å². The summed E-state index contributed by atoms with van der Waals surface area (Å²) in [5.41, 5.74) is 2.26. The number of nitriles is 1. The van der Waals surface area contributed by atoms with Gasteiger partial charge < -0.3 is 9.47 Å². The number of hydrogen-bond donors (Lipinski definition) is 0. The second-order valence-corrected chi connectivity index (χ2v) is 7.52. The van der Waals surface area contributed by atoms with Gasteiger partial charge in [0, 0.05) is 0 Å². The largest absolute Gasteiger partial charge is 0.490 e. The molecule has 0 atom stereocenters. The lowest BCUT2D eigenvalue weighted by Gasteiger charge is -2.15. The maximum Gasteiger partial charge on any atom is 0.175 e. The average molecular weight is 517 g/mol. The Hall–Kier alpha value is -2.92. The summed E-state index contributed by atoms with van der Waals surface area (Å²) in [5.74, 6) is 0.337. The third-order valence-corrected chi connectivity index (χ3v) is 4.97. The molecular formula is C24H18F2INO2. The highest BCUT2D eigenvalue weighted by Crippen LogP contribution is 2.36. The van der Waals surface area contributed by atoms with Crippen LogP contribution in [0.4, 0.5) is 8.78 Å². The topological polar surface area (TPSA) is 42.2 Å². The maximum absolute atomic E-state index is 13.5. The molecule has 3 aromatic carbocycles. The molecule has 152 valence electrons. The van der Waals surface area contributed by atoms with E-state index in [1.165, 1.54) is 24.3 Å². The molecule has 0 radical (unpaired) electrons. The molecule has 0 heterocycles. The summed E-state index contributed by atoms with van der Waals surface area (Å²) in [5, 5.41) is 9.53. The van der Waals surface area contributed by atoms with Gasteiger partial charge in [0.2, 0.25) is 0 Å². The second kappa shape index (κ2) is 10.2. The molecule has 30 heavy (non-hydrogen) atoms. The molecule has 0 aliphatic heterocycles. The summed E-state index contributed by atoms with van der Waals surface area (Å²) in [4.78, 5) is 0. The van der Waals surface area contributed by atoms with Gasteiger partial charge in [0.25, 0.3) is 0 Å². The molecule has 0 saturated carbocycles. The van der Waals surface area contributed by atoms with Crippen molar-refractivity contribution in [3.63, 3.8) is 0 Å². The van der Waals surface area contributed by atoms with Crippen LogP contribution in [0.25, 0.3) is 11.6 Å². The van der Waals surface area contributed by atoms with E-state index in [-0.39, 0.29) is 12.4 Å². The fraction of sp³-hybridized carbons (Fsp3) is 0.125. The SMILES string of the molecule is CCOc1cc(/C=C(/C#N)c2cccc(F)c2)cc(I)c1OCc1cccc(F)c1. The molecule has 0 unspecified atom stereocenters. The molecule has 0 amide bonds. The Bertz CT molecular complexity index is 1120. The van der Waals surface area contributed by atoms with Crippen LogP contribution in [0.5, 0.6) is 11.5 Å². The lowest BCUT2D eigenvalue weighted by molar-refractivity contribution is 0.267. The minimum absolute atomic E-state index is 0.190. The zero-order valence-corrected chi connectivity index (χ0v) is 18.3. The molecule has 3 nitrogen and oxygen atoms in total. The van der Waals surface area contributed by atoms with E-state index in [0.717, 1.165) is 9.13 Å². The zero-order chi connectivity index (χ0) is 21.5. The molecule has 0 bridgehead atoms. The molecule has 3 rings (SSSR count). The van der Waals surface area contributed by atoms with E-state index in [1.54, 1.807) is 36.4 Å². The summed E-state index contributed by atoms with van der Waals surface area (Å²) >= 11 is 2.13. The first-order valence-electron chi connectivity index (χ1n) is 9.21. The normalized spacial score (nSPS) is 11.1. The van der Waals surface area contributed by atoms with Crippen LogP contribution < -0.4 is 9.47 Å². The molecule has 0 aliphatic carbocycles. The Morgan fingerprint density at radius 2 is 1.77 bits per heavy atom. The van der Waals surface area contributed by atoms with Crippen LogP contribution in [0.1, 0.15) is 23.6 Å². The number of rotatable bonds is 7. The third kappa shape index (κ3) is 5.57. The van der Waals surface area contributed by atoms with Crippen molar-refractivity contribution in [1.29, 1.82) is 5.26 Å². The van der Waals surface area contributed by atoms with Crippen LogP contribution in [-0.4, -0.2) is 6.61 Å². The number of allylic oxidation sites excluding steroid dienone is 1. The molecule has 0 spiro atoms. The van der Waals surface area contributed by atoms with E-state index in [9.17, 15) is 14.0 Å². The van der Waals surface area contributed by atoms with Crippen LogP contribution in [0.2, 0.25) is 0 Å². The van der Waals surface area contributed by atoms with Crippen molar-refractivity contribution in [1.82, 2.24) is 0 Å². The van der Waals surface area contributed by atoms with Gasteiger partial charge in [-0.05, 0) is 88.7 Å². The van der Waals surface area contributed by atoms with Crippen molar-refractivity contribution in [2.45, 2.75) is 13.5 Å². The Morgan fingerprint density at radius 3 is 2.43 bits per heavy atom. The zero-order valence-electron chi connectivity index (χ0n) is 16.2. The van der Waals surface area contributed by atoms with Gasteiger partial charge in [0.1, 0.15) is 18.2 Å². The second-order valence-electron chi connectivity index (χ2n) is 6.36. The highest BCUT2D eigenvalue weighted by molar-refractivity contribution is 14.1. The molecule has 0 saturated heterocycles.